The van der Waals surface area contributed by atoms with E-state index in [2.05, 4.69) is 17.4 Å². The van der Waals surface area contributed by atoms with E-state index in [0.717, 1.165) is 68.6 Å². The minimum Gasteiger partial charge on any atom is -0.480 e. The highest BCUT2D eigenvalue weighted by Crippen LogP contribution is 2.45. The van der Waals surface area contributed by atoms with Gasteiger partial charge in [0.15, 0.2) is 0 Å². The number of nitrogens with one attached hydrogen (secondary N) is 1. The summed E-state index contributed by atoms with van der Waals surface area (Å²) >= 11 is 0. The van der Waals surface area contributed by atoms with Gasteiger partial charge in [-0.15, -0.1) is 0 Å². The lowest BCUT2D eigenvalue weighted by molar-refractivity contribution is -0.151. The number of rotatable bonds is 11. The van der Waals surface area contributed by atoms with Gasteiger partial charge < -0.3 is 15.2 Å². The van der Waals surface area contributed by atoms with Gasteiger partial charge in [-0.25, -0.2) is 9.37 Å². The molecule has 3 aliphatic rings. The molecule has 1 atom stereocenters. The predicted octanol–water partition coefficient (Wildman–Crippen LogP) is 4.70. The molecule has 2 N–H and O–H groups in total. The highest BCUT2D eigenvalue weighted by atomic mass is 19.1. The smallest absolute Gasteiger partial charge is 0.325 e. The van der Waals surface area contributed by atoms with Gasteiger partial charge in [0.05, 0.1) is 6.10 Å². The quantitative estimate of drug-likeness (QED) is 0.467. The van der Waals surface area contributed by atoms with Crippen molar-refractivity contribution in [1.82, 2.24) is 9.88 Å². The number of aliphatic carboxylic acids is 1. The van der Waals surface area contributed by atoms with Crippen LogP contribution in [0.25, 0.3) is 0 Å². The lowest BCUT2D eigenvalue weighted by Gasteiger charge is -2.43. The number of ether oxygens (including phenoxy) is 1. The molecule has 0 spiro atoms. The number of fused-ring (bicyclic) bond motifs is 1. The van der Waals surface area contributed by atoms with Gasteiger partial charge in [0, 0.05) is 37.5 Å². The van der Waals surface area contributed by atoms with Gasteiger partial charge in [-0.1, -0.05) is 24.6 Å². The number of carboxylic acids is 1. The number of nitrogens with zero attached hydrogens (tertiary/aromatic N) is 2. The highest BCUT2D eigenvalue weighted by Gasteiger charge is 2.41. The van der Waals surface area contributed by atoms with Crippen LogP contribution in [0, 0.1) is 5.82 Å². The predicted molar refractivity (Wildman–Crippen MR) is 129 cm³/mol. The van der Waals surface area contributed by atoms with E-state index in [4.69, 9.17) is 9.72 Å². The summed E-state index contributed by atoms with van der Waals surface area (Å²) in [6.45, 7) is 2.74. The van der Waals surface area contributed by atoms with Crippen LogP contribution in [0.2, 0.25) is 0 Å². The van der Waals surface area contributed by atoms with Gasteiger partial charge in [0.25, 0.3) is 0 Å². The lowest BCUT2D eigenvalue weighted by Crippen LogP contribution is -2.55. The van der Waals surface area contributed by atoms with Crippen LogP contribution in [-0.4, -0.2) is 53.3 Å². The SMILES string of the molecule is O=C(O)C(c1c(F)cccc1C1CC1)N1CC(OCCCCCc2ccc3c(n2)NCCC3)C1. The first-order valence-electron chi connectivity index (χ1n) is 12.7. The third-order valence-electron chi connectivity index (χ3n) is 7.24. The molecule has 1 aromatic heterocycles. The van der Waals surface area contributed by atoms with Crippen LogP contribution in [-0.2, 0) is 22.4 Å². The summed E-state index contributed by atoms with van der Waals surface area (Å²) in [6.07, 6.45) is 8.41. The minimum absolute atomic E-state index is 0.0198. The van der Waals surface area contributed by atoms with E-state index in [1.165, 1.54) is 18.1 Å². The number of hydrogen-bond donors (Lipinski definition) is 2. The van der Waals surface area contributed by atoms with Gasteiger partial charge in [0.2, 0.25) is 0 Å². The molecule has 0 amide bonds. The second-order valence-electron chi connectivity index (χ2n) is 9.86. The van der Waals surface area contributed by atoms with Crippen molar-refractivity contribution in [3.8, 4) is 0 Å². The standard InChI is InChI=1S/C27H34FN3O3/c28-23-9-4-8-22(18-10-11-18)24(23)25(27(32)33)31-16-21(17-31)34-15-3-1-2-7-20-13-12-19-6-5-14-29-26(19)30-20/h4,8-9,12-13,18,21,25H,1-3,5-7,10-11,14-17H2,(H,29,30)(H,32,33). The summed E-state index contributed by atoms with van der Waals surface area (Å²) in [4.78, 5) is 18.6. The fourth-order valence-corrected chi connectivity index (χ4v) is 5.18. The monoisotopic (exact) mass is 467 g/mol. The molecule has 3 heterocycles. The van der Waals surface area contributed by atoms with Crippen molar-refractivity contribution in [2.24, 2.45) is 0 Å². The second kappa shape index (κ2) is 10.4. The molecule has 2 aromatic rings. The average Bonchev–Trinajstić information content (AvgIpc) is 3.65. The van der Waals surface area contributed by atoms with Gasteiger partial charge in [-0.3, -0.25) is 9.69 Å². The number of halogens is 1. The molecule has 7 heteroatoms. The molecule has 6 nitrogen and oxygen atoms in total. The molecular weight excluding hydrogens is 433 g/mol. The Balaban J connectivity index is 1.04. The summed E-state index contributed by atoms with van der Waals surface area (Å²) in [5.74, 6) is -0.0450. The Morgan fingerprint density at radius 1 is 1.21 bits per heavy atom. The third-order valence-corrected chi connectivity index (χ3v) is 7.24. The molecule has 1 aromatic carbocycles. The Kier molecular flexibility index (Phi) is 7.11. The van der Waals surface area contributed by atoms with Crippen LogP contribution in [0.1, 0.15) is 72.9 Å². The molecule has 5 rings (SSSR count). The number of anilines is 1. The van der Waals surface area contributed by atoms with Gasteiger partial charge in [-0.2, -0.15) is 0 Å². The molecular formula is C27H34FN3O3. The third kappa shape index (κ3) is 5.26. The number of aryl methyl sites for hydroxylation is 2. The Hall–Kier alpha value is -2.51. The number of carboxylic acid groups (broad SMARTS) is 1. The summed E-state index contributed by atoms with van der Waals surface area (Å²) < 4.78 is 20.6. The van der Waals surface area contributed by atoms with E-state index in [9.17, 15) is 14.3 Å². The molecule has 2 aliphatic heterocycles. The fraction of sp³-hybridized carbons (Fsp3) is 0.556. The molecule has 34 heavy (non-hydrogen) atoms. The zero-order valence-corrected chi connectivity index (χ0v) is 19.6. The van der Waals surface area contributed by atoms with Gasteiger partial charge >= 0.3 is 5.97 Å². The van der Waals surface area contributed by atoms with Crippen LogP contribution in [0.15, 0.2) is 30.3 Å². The summed E-state index contributed by atoms with van der Waals surface area (Å²) in [5, 5.41) is 13.3. The molecule has 0 bridgehead atoms. The van der Waals surface area contributed by atoms with E-state index in [1.54, 1.807) is 6.07 Å². The van der Waals surface area contributed by atoms with Gasteiger partial charge in [0.1, 0.15) is 17.7 Å². The second-order valence-corrected chi connectivity index (χ2v) is 9.86. The number of benzene rings is 1. The van der Waals surface area contributed by atoms with E-state index < -0.39 is 17.8 Å². The van der Waals surface area contributed by atoms with Crippen molar-refractivity contribution in [3.05, 3.63) is 58.5 Å². The number of pyridine rings is 1. The molecule has 0 radical (unpaired) electrons. The van der Waals surface area contributed by atoms with Crippen LogP contribution in [0.3, 0.4) is 0 Å². The maximum Gasteiger partial charge on any atom is 0.325 e. The van der Waals surface area contributed by atoms with Crippen molar-refractivity contribution in [2.45, 2.75) is 69.4 Å². The van der Waals surface area contributed by atoms with Crippen LogP contribution >= 0.6 is 0 Å². The minimum atomic E-state index is -0.989. The Bertz CT molecular complexity index is 1020. The lowest BCUT2D eigenvalue weighted by atomic mass is 9.93. The number of unbranched alkanes of at least 4 members (excludes halogenated alkanes) is 2. The van der Waals surface area contributed by atoms with Crippen molar-refractivity contribution in [2.75, 3.05) is 31.6 Å². The maximum absolute atomic E-state index is 14.7. The van der Waals surface area contributed by atoms with E-state index in [1.807, 2.05) is 11.0 Å². The summed E-state index contributed by atoms with van der Waals surface area (Å²) in [6, 6.07) is 8.36. The maximum atomic E-state index is 14.7. The number of hydrogen-bond acceptors (Lipinski definition) is 5. The van der Waals surface area contributed by atoms with Crippen molar-refractivity contribution in [1.29, 1.82) is 0 Å². The first-order valence-corrected chi connectivity index (χ1v) is 12.7. The molecule has 1 aliphatic carbocycles. The first kappa shape index (κ1) is 23.2. The number of likely N-dealkylation sites (tertiary alicyclic amines) is 1. The van der Waals surface area contributed by atoms with Crippen LogP contribution in [0.4, 0.5) is 10.2 Å². The highest BCUT2D eigenvalue weighted by molar-refractivity contribution is 5.76. The zero-order chi connectivity index (χ0) is 23.5. The summed E-state index contributed by atoms with van der Waals surface area (Å²) in [7, 11) is 0. The summed E-state index contributed by atoms with van der Waals surface area (Å²) in [5.41, 5.74) is 3.67. The molecule has 2 fully saturated rings. The molecule has 1 unspecified atom stereocenters. The first-order chi connectivity index (χ1) is 16.6. The van der Waals surface area contributed by atoms with Crippen molar-refractivity contribution in [3.63, 3.8) is 0 Å². The van der Waals surface area contributed by atoms with Crippen molar-refractivity contribution < 1.29 is 19.0 Å². The zero-order valence-electron chi connectivity index (χ0n) is 19.6. The Morgan fingerprint density at radius 2 is 2.06 bits per heavy atom. The Morgan fingerprint density at radius 3 is 2.85 bits per heavy atom. The largest absolute Gasteiger partial charge is 0.480 e. The molecule has 182 valence electrons. The van der Waals surface area contributed by atoms with Crippen LogP contribution < -0.4 is 5.32 Å². The number of aromatic nitrogens is 1. The van der Waals surface area contributed by atoms with Gasteiger partial charge in [-0.05, 0) is 74.1 Å². The van der Waals surface area contributed by atoms with Crippen LogP contribution in [0.5, 0.6) is 0 Å². The fourth-order valence-electron chi connectivity index (χ4n) is 5.18. The van der Waals surface area contributed by atoms with E-state index >= 15 is 0 Å². The normalized spacial score (nSPS) is 19.2. The van der Waals surface area contributed by atoms with E-state index in [-0.39, 0.29) is 6.10 Å². The van der Waals surface area contributed by atoms with Crippen molar-refractivity contribution >= 4 is 11.8 Å². The number of carbonyl (C=O) groups is 1. The Labute approximate surface area is 200 Å². The average molecular weight is 468 g/mol. The van der Waals surface area contributed by atoms with E-state index in [0.29, 0.717) is 31.2 Å². The topological polar surface area (TPSA) is 74.7 Å². The molecule has 1 saturated carbocycles. The molecule has 1 saturated heterocycles.